The van der Waals surface area contributed by atoms with Crippen LogP contribution in [0.4, 0.5) is 0 Å². The topological polar surface area (TPSA) is 38.9 Å². The van der Waals surface area contributed by atoms with Gasteiger partial charge in [0, 0.05) is 18.9 Å². The first kappa shape index (κ1) is 7.95. The molecule has 0 amide bonds. The van der Waals surface area contributed by atoms with Gasteiger partial charge in [-0.3, -0.25) is 4.98 Å². The van der Waals surface area contributed by atoms with Gasteiger partial charge in [0.2, 0.25) is 0 Å². The van der Waals surface area contributed by atoms with E-state index in [1.54, 1.807) is 6.20 Å². The highest BCUT2D eigenvalue weighted by atomic mass is 14.6. The van der Waals surface area contributed by atoms with Gasteiger partial charge in [0.1, 0.15) is 0 Å². The summed E-state index contributed by atoms with van der Waals surface area (Å²) in [6, 6.07) is 1.94. The Hall–Kier alpha value is -1.15. The molecule has 2 nitrogen and oxygen atoms in total. The van der Waals surface area contributed by atoms with E-state index >= 15 is 0 Å². The van der Waals surface area contributed by atoms with Crippen LogP contribution in [0.3, 0.4) is 0 Å². The largest absolute Gasteiger partial charge is 0.326 e. The molecule has 0 atom stereocenters. The highest BCUT2D eigenvalue weighted by Crippen LogP contribution is 2.06. The van der Waals surface area contributed by atoms with E-state index in [0.29, 0.717) is 6.54 Å². The van der Waals surface area contributed by atoms with Gasteiger partial charge in [0.15, 0.2) is 0 Å². The van der Waals surface area contributed by atoms with E-state index in [1.807, 2.05) is 18.3 Å². The van der Waals surface area contributed by atoms with Crippen molar-refractivity contribution in [2.24, 2.45) is 5.73 Å². The second-order valence-electron chi connectivity index (χ2n) is 2.34. The van der Waals surface area contributed by atoms with Gasteiger partial charge in [0.25, 0.3) is 0 Å². The highest BCUT2D eigenvalue weighted by Gasteiger charge is 1.96. The number of pyridine rings is 1. The molecule has 0 aliphatic carbocycles. The summed E-state index contributed by atoms with van der Waals surface area (Å²) in [6.07, 6.45) is 6.30. The molecule has 58 valence electrons. The fraction of sp³-hybridized carbons (Fsp3) is 0.222. The van der Waals surface area contributed by atoms with Gasteiger partial charge < -0.3 is 5.73 Å². The molecule has 0 saturated carbocycles. The summed E-state index contributed by atoms with van der Waals surface area (Å²) in [5.41, 5.74) is 7.84. The lowest BCUT2D eigenvalue weighted by molar-refractivity contribution is 1.01. The summed E-state index contributed by atoms with van der Waals surface area (Å²) in [5, 5.41) is 0. The van der Waals surface area contributed by atoms with Crippen LogP contribution in [-0.4, -0.2) is 4.98 Å². The summed E-state index contributed by atoms with van der Waals surface area (Å²) >= 11 is 0. The van der Waals surface area contributed by atoms with Gasteiger partial charge in [-0.2, -0.15) is 0 Å². The first-order chi connectivity index (χ1) is 5.38. The molecule has 11 heavy (non-hydrogen) atoms. The standard InChI is InChI=1S/C9H12N2/c1-2-3-9-7-11-5-4-8(9)6-10/h2,4-5,7H,1,3,6,10H2. The monoisotopic (exact) mass is 148 g/mol. The fourth-order valence-electron chi connectivity index (χ4n) is 0.994. The first-order valence-corrected chi connectivity index (χ1v) is 3.61. The van der Waals surface area contributed by atoms with E-state index in [2.05, 4.69) is 11.6 Å². The number of aromatic nitrogens is 1. The van der Waals surface area contributed by atoms with E-state index in [0.717, 1.165) is 12.0 Å². The minimum Gasteiger partial charge on any atom is -0.326 e. The average molecular weight is 148 g/mol. The number of allylic oxidation sites excluding steroid dienone is 1. The van der Waals surface area contributed by atoms with Crippen molar-refractivity contribution in [3.8, 4) is 0 Å². The molecular formula is C9H12N2. The molecule has 2 heteroatoms. The van der Waals surface area contributed by atoms with Crippen molar-refractivity contribution in [1.29, 1.82) is 0 Å². The van der Waals surface area contributed by atoms with Crippen LogP contribution < -0.4 is 5.73 Å². The van der Waals surface area contributed by atoms with Gasteiger partial charge in [-0.05, 0) is 23.6 Å². The number of hydrogen-bond acceptors (Lipinski definition) is 2. The second kappa shape index (κ2) is 3.88. The third kappa shape index (κ3) is 1.88. The highest BCUT2D eigenvalue weighted by molar-refractivity contribution is 5.24. The van der Waals surface area contributed by atoms with Crippen LogP contribution in [0.2, 0.25) is 0 Å². The maximum Gasteiger partial charge on any atom is 0.0306 e. The SMILES string of the molecule is C=CCc1cnccc1CN. The summed E-state index contributed by atoms with van der Waals surface area (Å²) in [7, 11) is 0. The lowest BCUT2D eigenvalue weighted by Crippen LogP contribution is -2.01. The molecule has 1 aromatic heterocycles. The van der Waals surface area contributed by atoms with E-state index in [4.69, 9.17) is 5.73 Å². The predicted molar refractivity (Wildman–Crippen MR) is 46.0 cm³/mol. The van der Waals surface area contributed by atoms with Crippen molar-refractivity contribution >= 4 is 0 Å². The van der Waals surface area contributed by atoms with Gasteiger partial charge in [-0.25, -0.2) is 0 Å². The molecule has 0 spiro atoms. The molecule has 0 unspecified atom stereocenters. The number of rotatable bonds is 3. The van der Waals surface area contributed by atoms with E-state index in [9.17, 15) is 0 Å². The van der Waals surface area contributed by atoms with Crippen LogP contribution in [-0.2, 0) is 13.0 Å². The number of nitrogens with zero attached hydrogens (tertiary/aromatic N) is 1. The normalized spacial score (nSPS) is 9.55. The quantitative estimate of drug-likeness (QED) is 0.655. The molecule has 0 radical (unpaired) electrons. The number of nitrogens with two attached hydrogens (primary N) is 1. The third-order valence-corrected chi connectivity index (χ3v) is 1.59. The minimum atomic E-state index is 0.575. The van der Waals surface area contributed by atoms with Crippen molar-refractivity contribution < 1.29 is 0 Å². The second-order valence-corrected chi connectivity index (χ2v) is 2.34. The summed E-state index contributed by atoms with van der Waals surface area (Å²) in [4.78, 5) is 4.01. The lowest BCUT2D eigenvalue weighted by Gasteiger charge is -2.02. The fourth-order valence-corrected chi connectivity index (χ4v) is 0.994. The van der Waals surface area contributed by atoms with Crippen LogP contribution in [0.1, 0.15) is 11.1 Å². The Morgan fingerprint density at radius 1 is 1.55 bits per heavy atom. The first-order valence-electron chi connectivity index (χ1n) is 3.61. The number of hydrogen-bond donors (Lipinski definition) is 1. The van der Waals surface area contributed by atoms with E-state index in [1.165, 1.54) is 5.56 Å². The van der Waals surface area contributed by atoms with Crippen molar-refractivity contribution in [2.75, 3.05) is 0 Å². The predicted octanol–water partition coefficient (Wildman–Crippen LogP) is 1.27. The van der Waals surface area contributed by atoms with Gasteiger partial charge in [-0.15, -0.1) is 6.58 Å². The maximum atomic E-state index is 5.52. The molecule has 0 aliphatic heterocycles. The average Bonchev–Trinajstić information content (AvgIpc) is 2.06. The van der Waals surface area contributed by atoms with Crippen LogP contribution in [0.25, 0.3) is 0 Å². The van der Waals surface area contributed by atoms with E-state index in [-0.39, 0.29) is 0 Å². The Labute approximate surface area is 66.8 Å². The molecule has 0 bridgehead atoms. The van der Waals surface area contributed by atoms with Crippen molar-refractivity contribution in [2.45, 2.75) is 13.0 Å². The van der Waals surface area contributed by atoms with Gasteiger partial charge in [-0.1, -0.05) is 6.08 Å². The van der Waals surface area contributed by atoms with Crippen LogP contribution in [0, 0.1) is 0 Å². The van der Waals surface area contributed by atoms with Crippen LogP contribution in [0.5, 0.6) is 0 Å². The summed E-state index contributed by atoms with van der Waals surface area (Å²) < 4.78 is 0. The van der Waals surface area contributed by atoms with Gasteiger partial charge in [0.05, 0.1) is 0 Å². The van der Waals surface area contributed by atoms with E-state index < -0.39 is 0 Å². The van der Waals surface area contributed by atoms with Crippen molar-refractivity contribution in [3.63, 3.8) is 0 Å². The maximum absolute atomic E-state index is 5.52. The Kier molecular flexibility index (Phi) is 2.81. The Morgan fingerprint density at radius 3 is 3.00 bits per heavy atom. The molecule has 1 heterocycles. The minimum absolute atomic E-state index is 0.575. The van der Waals surface area contributed by atoms with Gasteiger partial charge >= 0.3 is 0 Å². The molecule has 2 N–H and O–H groups in total. The summed E-state index contributed by atoms with van der Waals surface area (Å²) in [6.45, 7) is 4.24. The Balaban J connectivity index is 2.92. The zero-order valence-electron chi connectivity index (χ0n) is 6.46. The molecule has 0 aliphatic rings. The molecule has 0 fully saturated rings. The third-order valence-electron chi connectivity index (χ3n) is 1.59. The zero-order chi connectivity index (χ0) is 8.10. The molecule has 1 aromatic rings. The Morgan fingerprint density at radius 2 is 2.36 bits per heavy atom. The van der Waals surface area contributed by atoms with Crippen molar-refractivity contribution in [3.05, 3.63) is 42.2 Å². The molecule has 0 saturated heterocycles. The van der Waals surface area contributed by atoms with Crippen LogP contribution >= 0.6 is 0 Å². The smallest absolute Gasteiger partial charge is 0.0306 e. The lowest BCUT2D eigenvalue weighted by atomic mass is 10.1. The zero-order valence-corrected chi connectivity index (χ0v) is 6.46. The van der Waals surface area contributed by atoms with Crippen LogP contribution in [0.15, 0.2) is 31.1 Å². The summed E-state index contributed by atoms with van der Waals surface area (Å²) in [5.74, 6) is 0. The Bertz CT molecular complexity index is 243. The van der Waals surface area contributed by atoms with Crippen molar-refractivity contribution in [1.82, 2.24) is 4.98 Å². The molecular weight excluding hydrogens is 136 g/mol. The molecule has 0 aromatic carbocycles. The molecule has 1 rings (SSSR count).